The monoisotopic (exact) mass is 406 g/mol. The minimum absolute atomic E-state index is 0.198. The highest BCUT2D eigenvalue weighted by Gasteiger charge is 2.34. The lowest BCUT2D eigenvalue weighted by Gasteiger charge is -2.35. The average Bonchev–Trinajstić information content (AvgIpc) is 2.74. The summed E-state index contributed by atoms with van der Waals surface area (Å²) in [5, 5.41) is 4.31. The van der Waals surface area contributed by atoms with Crippen molar-refractivity contribution in [3.63, 3.8) is 0 Å². The Hall–Kier alpha value is -3.09. The van der Waals surface area contributed by atoms with Crippen molar-refractivity contribution < 1.29 is 9.47 Å². The zero-order valence-electron chi connectivity index (χ0n) is 16.4. The van der Waals surface area contributed by atoms with Gasteiger partial charge in [-0.3, -0.25) is 15.0 Å². The normalized spacial score (nSPS) is 18.4. The number of hydrazine groups is 1. The van der Waals surface area contributed by atoms with Crippen LogP contribution in [0.5, 0.6) is 0 Å². The lowest BCUT2D eigenvalue weighted by molar-refractivity contribution is -0.0760. The maximum Gasteiger partial charge on any atom is 0.252 e. The SMILES string of the molecule is COCC1(OC)CCC(=NNc2cc(=O)[nH]cn2)CC1.NNc1cc(=O)[nH]cn1. The summed E-state index contributed by atoms with van der Waals surface area (Å²) in [7, 11) is 3.41. The molecule has 0 spiro atoms. The fraction of sp³-hybridized carbons (Fsp3) is 0.471. The van der Waals surface area contributed by atoms with Gasteiger partial charge in [0, 0.05) is 32.1 Å². The van der Waals surface area contributed by atoms with Crippen LogP contribution in [0.1, 0.15) is 25.7 Å². The lowest BCUT2D eigenvalue weighted by Crippen LogP contribution is -2.40. The van der Waals surface area contributed by atoms with Crippen LogP contribution in [0, 0.1) is 0 Å². The number of anilines is 2. The summed E-state index contributed by atoms with van der Waals surface area (Å²) >= 11 is 0. The summed E-state index contributed by atoms with van der Waals surface area (Å²) in [5.41, 5.74) is 5.48. The number of H-pyrrole nitrogens is 2. The van der Waals surface area contributed by atoms with Gasteiger partial charge < -0.3 is 24.9 Å². The third kappa shape index (κ3) is 7.10. The van der Waals surface area contributed by atoms with Crippen molar-refractivity contribution in [2.24, 2.45) is 10.9 Å². The van der Waals surface area contributed by atoms with E-state index < -0.39 is 0 Å². The van der Waals surface area contributed by atoms with Crippen LogP contribution in [-0.2, 0) is 9.47 Å². The lowest BCUT2D eigenvalue weighted by atomic mass is 9.84. The van der Waals surface area contributed by atoms with Crippen molar-refractivity contribution in [2.45, 2.75) is 31.3 Å². The van der Waals surface area contributed by atoms with Gasteiger partial charge in [-0.1, -0.05) is 0 Å². The van der Waals surface area contributed by atoms with Crippen molar-refractivity contribution in [3.05, 3.63) is 45.5 Å². The molecule has 1 fully saturated rings. The van der Waals surface area contributed by atoms with Crippen molar-refractivity contribution in [2.75, 3.05) is 31.7 Å². The minimum Gasteiger partial charge on any atom is -0.382 e. The van der Waals surface area contributed by atoms with Crippen LogP contribution in [-0.4, -0.2) is 52.1 Å². The molecule has 12 nitrogen and oxygen atoms in total. The molecule has 2 aromatic heterocycles. The first-order valence-electron chi connectivity index (χ1n) is 8.92. The molecule has 1 saturated carbocycles. The number of nitrogens with one attached hydrogen (secondary N) is 4. The largest absolute Gasteiger partial charge is 0.382 e. The van der Waals surface area contributed by atoms with E-state index in [0.717, 1.165) is 31.4 Å². The van der Waals surface area contributed by atoms with Gasteiger partial charge in [0.25, 0.3) is 11.1 Å². The van der Waals surface area contributed by atoms with Crippen LogP contribution in [0.25, 0.3) is 0 Å². The molecular weight excluding hydrogens is 380 g/mol. The van der Waals surface area contributed by atoms with Crippen molar-refractivity contribution >= 4 is 17.3 Å². The summed E-state index contributed by atoms with van der Waals surface area (Å²) in [6, 6.07) is 2.64. The molecule has 0 unspecified atom stereocenters. The molecule has 158 valence electrons. The van der Waals surface area contributed by atoms with Gasteiger partial charge in [-0.05, 0) is 25.7 Å². The Bertz CT molecular complexity index is 900. The summed E-state index contributed by atoms with van der Waals surface area (Å²) in [6.07, 6.45) is 6.06. The molecule has 0 amide bonds. The van der Waals surface area contributed by atoms with Crippen LogP contribution in [0.2, 0.25) is 0 Å². The van der Waals surface area contributed by atoms with Crippen LogP contribution in [0.3, 0.4) is 0 Å². The smallest absolute Gasteiger partial charge is 0.252 e. The van der Waals surface area contributed by atoms with Crippen LogP contribution < -0.4 is 27.8 Å². The van der Waals surface area contributed by atoms with Crippen LogP contribution in [0.4, 0.5) is 11.6 Å². The molecule has 0 radical (unpaired) electrons. The van der Waals surface area contributed by atoms with Crippen LogP contribution in [0.15, 0.2) is 39.5 Å². The summed E-state index contributed by atoms with van der Waals surface area (Å²) in [5.74, 6) is 5.76. The van der Waals surface area contributed by atoms with Crippen molar-refractivity contribution in [1.29, 1.82) is 0 Å². The number of ether oxygens (including phenoxy) is 2. The number of methoxy groups -OCH3 is 2. The third-order valence-corrected chi connectivity index (χ3v) is 4.41. The predicted molar refractivity (Wildman–Crippen MR) is 109 cm³/mol. The first kappa shape index (κ1) is 22.2. The second-order valence-electron chi connectivity index (χ2n) is 6.35. The van der Waals surface area contributed by atoms with E-state index in [0.29, 0.717) is 18.2 Å². The number of rotatable bonds is 6. The molecule has 1 aliphatic rings. The van der Waals surface area contributed by atoms with Gasteiger partial charge in [-0.25, -0.2) is 15.8 Å². The molecule has 0 atom stereocenters. The number of aromatic amines is 2. The van der Waals surface area contributed by atoms with E-state index in [4.69, 9.17) is 15.3 Å². The number of nitrogen functional groups attached to an aromatic ring is 1. The first-order chi connectivity index (χ1) is 14.0. The van der Waals surface area contributed by atoms with Gasteiger partial charge >= 0.3 is 0 Å². The highest BCUT2D eigenvalue weighted by Crippen LogP contribution is 2.30. The summed E-state index contributed by atoms with van der Waals surface area (Å²) in [6.45, 7) is 0.597. The van der Waals surface area contributed by atoms with E-state index in [9.17, 15) is 9.59 Å². The van der Waals surface area contributed by atoms with Crippen LogP contribution >= 0.6 is 0 Å². The fourth-order valence-corrected chi connectivity index (χ4v) is 2.79. The number of aromatic nitrogens is 4. The quantitative estimate of drug-likeness (QED) is 0.332. The van der Waals surface area contributed by atoms with Gasteiger partial charge in [0.05, 0.1) is 24.9 Å². The first-order valence-corrected chi connectivity index (χ1v) is 8.92. The zero-order valence-corrected chi connectivity index (χ0v) is 16.4. The highest BCUT2D eigenvalue weighted by atomic mass is 16.5. The Morgan fingerprint density at radius 1 is 1.10 bits per heavy atom. The average molecular weight is 406 g/mol. The van der Waals surface area contributed by atoms with E-state index in [1.54, 1.807) is 14.2 Å². The molecule has 0 bridgehead atoms. The minimum atomic E-state index is -0.224. The summed E-state index contributed by atoms with van der Waals surface area (Å²) < 4.78 is 10.8. The Balaban J connectivity index is 0.000000278. The number of hydrogen-bond acceptors (Lipinski definition) is 10. The van der Waals surface area contributed by atoms with Gasteiger partial charge in [0.2, 0.25) is 0 Å². The number of hydrazone groups is 1. The van der Waals surface area contributed by atoms with Gasteiger partial charge in [-0.15, -0.1) is 0 Å². The molecule has 0 aliphatic heterocycles. The zero-order chi connectivity index (χ0) is 21.1. The van der Waals surface area contributed by atoms with Crippen molar-refractivity contribution in [1.82, 2.24) is 19.9 Å². The second-order valence-corrected chi connectivity index (χ2v) is 6.35. The molecule has 0 saturated heterocycles. The number of hydrogen-bond donors (Lipinski definition) is 5. The molecular formula is C17H26N8O4. The molecule has 0 aromatic carbocycles. The topological polar surface area (TPSA) is 172 Å². The van der Waals surface area contributed by atoms with E-state index in [2.05, 4.69) is 35.9 Å². The summed E-state index contributed by atoms with van der Waals surface area (Å²) in [4.78, 5) is 34.0. The van der Waals surface area contributed by atoms with E-state index in [1.165, 1.54) is 24.8 Å². The number of nitrogens with two attached hydrogens (primary N) is 1. The van der Waals surface area contributed by atoms with Gasteiger partial charge in [-0.2, -0.15) is 5.10 Å². The molecule has 3 rings (SSSR count). The van der Waals surface area contributed by atoms with E-state index in [-0.39, 0.29) is 16.7 Å². The fourth-order valence-electron chi connectivity index (χ4n) is 2.79. The molecule has 29 heavy (non-hydrogen) atoms. The Morgan fingerprint density at radius 2 is 1.69 bits per heavy atom. The maximum atomic E-state index is 11.1. The van der Waals surface area contributed by atoms with Gasteiger partial charge in [0.1, 0.15) is 5.82 Å². The maximum absolute atomic E-state index is 11.1. The van der Waals surface area contributed by atoms with E-state index in [1.807, 2.05) is 0 Å². The Labute approximate surface area is 166 Å². The third-order valence-electron chi connectivity index (χ3n) is 4.41. The second kappa shape index (κ2) is 11.0. The van der Waals surface area contributed by atoms with Gasteiger partial charge in [0.15, 0.2) is 5.82 Å². The Kier molecular flexibility index (Phi) is 8.45. The molecule has 6 N–H and O–H groups in total. The molecule has 1 aliphatic carbocycles. The number of nitrogens with zero attached hydrogens (tertiary/aromatic N) is 3. The Morgan fingerprint density at radius 3 is 2.17 bits per heavy atom. The van der Waals surface area contributed by atoms with E-state index >= 15 is 0 Å². The molecule has 2 aromatic rings. The molecule has 2 heterocycles. The highest BCUT2D eigenvalue weighted by molar-refractivity contribution is 5.86. The van der Waals surface area contributed by atoms with Crippen molar-refractivity contribution in [3.8, 4) is 0 Å². The predicted octanol–water partition coefficient (Wildman–Crippen LogP) is 0.199. The molecule has 12 heteroatoms. The standard InChI is InChI=1S/C13H20N4O3.C4H6N4O/c1-19-8-13(20-2)5-3-10(4-6-13)16-17-11-7-12(18)15-9-14-11;5-8-3-1-4(9)7-2-6-3/h7,9H,3-6,8H2,1-2H3,(H2,14,15,17,18);1-2H,5H2,(H2,6,7,8,9).